The average molecular weight is 556 g/mol. The summed E-state index contributed by atoms with van der Waals surface area (Å²) in [5.41, 5.74) is 8.55. The van der Waals surface area contributed by atoms with E-state index in [4.69, 9.17) is 15.5 Å². The van der Waals surface area contributed by atoms with E-state index in [-0.39, 0.29) is 11.4 Å². The Morgan fingerprint density at radius 2 is 1.78 bits per heavy atom. The van der Waals surface area contributed by atoms with Crippen molar-refractivity contribution in [1.82, 2.24) is 4.90 Å². The third kappa shape index (κ3) is 7.09. The molecule has 2 aromatic carbocycles. The molecule has 2 amide bonds. The second-order valence-corrected chi connectivity index (χ2v) is 12.2. The van der Waals surface area contributed by atoms with Gasteiger partial charge in [-0.2, -0.15) is 0 Å². The second-order valence-electron chi connectivity index (χ2n) is 12.2. The highest BCUT2D eigenvalue weighted by Crippen LogP contribution is 2.49. The number of carbonyl (C=O) groups is 2. The Bertz CT molecular complexity index is 1240. The van der Waals surface area contributed by atoms with E-state index in [1.54, 1.807) is 25.1 Å². The van der Waals surface area contributed by atoms with E-state index >= 15 is 0 Å². The summed E-state index contributed by atoms with van der Waals surface area (Å²) in [6.45, 7) is 3.86. The molecule has 1 saturated heterocycles. The number of aliphatic imine (C=N–C) groups is 1. The van der Waals surface area contributed by atoms with Gasteiger partial charge >= 0.3 is 0 Å². The van der Waals surface area contributed by atoms with Crippen molar-refractivity contribution in [3.05, 3.63) is 77.4 Å². The Balaban J connectivity index is 1.37. The summed E-state index contributed by atoms with van der Waals surface area (Å²) < 4.78 is 6.11. The number of primary amides is 1. The molecule has 1 saturated carbocycles. The van der Waals surface area contributed by atoms with Crippen LogP contribution in [0.2, 0.25) is 0 Å². The lowest BCUT2D eigenvalue weighted by Crippen LogP contribution is -2.41. The maximum Gasteiger partial charge on any atom is 0.248 e. The van der Waals surface area contributed by atoms with Crippen LogP contribution < -0.4 is 10.5 Å². The summed E-state index contributed by atoms with van der Waals surface area (Å²) in [6, 6.07) is 18.2. The van der Waals surface area contributed by atoms with Crippen LogP contribution >= 0.6 is 0 Å². The zero-order valence-corrected chi connectivity index (χ0v) is 24.5. The van der Waals surface area contributed by atoms with Crippen LogP contribution in [0.5, 0.6) is 5.75 Å². The van der Waals surface area contributed by atoms with Crippen LogP contribution in [-0.2, 0) is 4.79 Å². The van der Waals surface area contributed by atoms with E-state index in [9.17, 15) is 9.59 Å². The number of rotatable bonds is 11. The van der Waals surface area contributed by atoms with Crippen molar-refractivity contribution in [2.45, 2.75) is 82.6 Å². The van der Waals surface area contributed by atoms with Gasteiger partial charge in [0.25, 0.3) is 0 Å². The highest BCUT2D eigenvalue weighted by Gasteiger charge is 2.43. The van der Waals surface area contributed by atoms with Gasteiger partial charge in [0.05, 0.1) is 12.1 Å². The minimum Gasteiger partial charge on any atom is -0.494 e. The van der Waals surface area contributed by atoms with Gasteiger partial charge in [-0.25, -0.2) is 0 Å². The van der Waals surface area contributed by atoms with Gasteiger partial charge in [-0.1, -0.05) is 55.7 Å². The number of carbonyl (C=O) groups excluding carboxylic acids is 2. The van der Waals surface area contributed by atoms with E-state index < -0.39 is 5.91 Å². The summed E-state index contributed by atoms with van der Waals surface area (Å²) in [5.74, 6) is 1.96. The molecule has 5 rings (SSSR count). The number of allylic oxidation sites excluding steroid dienone is 1. The quantitative estimate of drug-likeness (QED) is 0.313. The first-order valence-electron chi connectivity index (χ1n) is 15.5. The van der Waals surface area contributed by atoms with Crippen LogP contribution in [0.1, 0.15) is 93.0 Å². The number of ether oxygens (including phenoxy) is 1. The Morgan fingerprint density at radius 3 is 2.49 bits per heavy atom. The van der Waals surface area contributed by atoms with Crippen molar-refractivity contribution in [2.75, 3.05) is 19.7 Å². The number of hydrogen-bond acceptors (Lipinski definition) is 4. The predicted molar refractivity (Wildman–Crippen MR) is 164 cm³/mol. The maximum atomic E-state index is 12.0. The molecule has 2 unspecified atom stereocenters. The summed E-state index contributed by atoms with van der Waals surface area (Å²) in [5, 5.41) is 0. The van der Waals surface area contributed by atoms with Crippen LogP contribution in [-0.4, -0.2) is 48.2 Å². The number of piperidine rings is 1. The van der Waals surface area contributed by atoms with Gasteiger partial charge in [0.15, 0.2) is 0 Å². The maximum absolute atomic E-state index is 12.0. The molecule has 6 nitrogen and oxygen atoms in total. The van der Waals surface area contributed by atoms with Gasteiger partial charge in [-0.15, -0.1) is 0 Å². The lowest BCUT2D eigenvalue weighted by atomic mass is 9.66. The van der Waals surface area contributed by atoms with Crippen molar-refractivity contribution in [2.24, 2.45) is 22.6 Å². The first kappa shape index (κ1) is 29.1. The van der Waals surface area contributed by atoms with Crippen molar-refractivity contribution >= 4 is 18.0 Å². The fourth-order valence-corrected chi connectivity index (χ4v) is 7.44. The van der Waals surface area contributed by atoms with Gasteiger partial charge in [-0.05, 0) is 98.1 Å². The molecule has 2 heterocycles. The SMILES string of the molecule is CC(=O)N1CCC(C2=CC=NC2(CCCOc2cccc(C(N)=O)c2)CC(c2ccccc2)C2CCCCC2)CC1. The van der Waals surface area contributed by atoms with E-state index in [0.717, 1.165) is 45.2 Å². The van der Waals surface area contributed by atoms with Gasteiger partial charge in [-0.3, -0.25) is 14.6 Å². The molecule has 2 aliphatic heterocycles. The fourth-order valence-electron chi connectivity index (χ4n) is 7.44. The number of hydrogen-bond donors (Lipinski definition) is 1. The third-order valence-electron chi connectivity index (χ3n) is 9.62. The molecule has 2 aromatic rings. The van der Waals surface area contributed by atoms with Crippen LogP contribution in [0.15, 0.2) is 71.2 Å². The van der Waals surface area contributed by atoms with E-state index in [1.807, 2.05) is 17.2 Å². The lowest BCUT2D eigenvalue weighted by Gasteiger charge is -2.42. The normalized spacial score (nSPS) is 22.4. The first-order valence-corrected chi connectivity index (χ1v) is 15.5. The van der Waals surface area contributed by atoms with Crippen molar-refractivity contribution in [1.29, 1.82) is 0 Å². The predicted octanol–water partition coefficient (Wildman–Crippen LogP) is 6.71. The van der Waals surface area contributed by atoms with Gasteiger partial charge in [0, 0.05) is 31.8 Å². The second kappa shape index (κ2) is 13.5. The highest BCUT2D eigenvalue weighted by atomic mass is 16.5. The Kier molecular flexibility index (Phi) is 9.58. The minimum absolute atomic E-state index is 0.172. The molecule has 0 spiro atoms. The standard InChI is InChI=1S/C35H45N3O3/c1-26(39)38-21-17-29(18-22-38)33-16-20-37-35(33,19-9-23-41-31-15-8-14-30(24-31)34(36)40)25-32(27-10-4-2-5-11-27)28-12-6-3-7-13-28/h2,4-5,8,10-11,14-16,20,24,28-29,32H,3,6-7,9,12-13,17-19,21-23,25H2,1H3,(H2,36,40). The first-order chi connectivity index (χ1) is 19.9. The Labute approximate surface area is 245 Å². The van der Waals surface area contributed by atoms with Crippen molar-refractivity contribution in [3.8, 4) is 5.75 Å². The molecule has 6 heteroatoms. The average Bonchev–Trinajstić information content (AvgIpc) is 3.42. The summed E-state index contributed by atoms with van der Waals surface area (Å²) in [6.07, 6.45) is 15.6. The molecule has 2 N–H and O–H groups in total. The van der Waals surface area contributed by atoms with Crippen molar-refractivity contribution < 1.29 is 14.3 Å². The summed E-state index contributed by atoms with van der Waals surface area (Å²) in [7, 11) is 0. The zero-order valence-electron chi connectivity index (χ0n) is 24.5. The minimum atomic E-state index is -0.449. The molecule has 1 aliphatic carbocycles. The molecular weight excluding hydrogens is 510 g/mol. The number of likely N-dealkylation sites (tertiary alicyclic amines) is 1. The van der Waals surface area contributed by atoms with E-state index in [0.29, 0.717) is 35.7 Å². The summed E-state index contributed by atoms with van der Waals surface area (Å²) in [4.78, 5) is 30.9. The van der Waals surface area contributed by atoms with Crippen LogP contribution in [0.25, 0.3) is 0 Å². The Morgan fingerprint density at radius 1 is 1.02 bits per heavy atom. The van der Waals surface area contributed by atoms with Gasteiger partial charge in [0.1, 0.15) is 5.75 Å². The third-order valence-corrected chi connectivity index (χ3v) is 9.62. The molecule has 0 aromatic heterocycles. The highest BCUT2D eigenvalue weighted by molar-refractivity contribution is 5.93. The number of amides is 2. The molecule has 3 aliphatic rings. The molecule has 218 valence electrons. The van der Waals surface area contributed by atoms with E-state index in [2.05, 4.69) is 36.4 Å². The molecule has 0 radical (unpaired) electrons. The smallest absolute Gasteiger partial charge is 0.248 e. The van der Waals surface area contributed by atoms with Crippen LogP contribution in [0.3, 0.4) is 0 Å². The number of benzene rings is 2. The summed E-state index contributed by atoms with van der Waals surface area (Å²) >= 11 is 0. The van der Waals surface area contributed by atoms with Crippen LogP contribution in [0.4, 0.5) is 0 Å². The molecule has 0 bridgehead atoms. The molecular formula is C35H45N3O3. The molecule has 2 atom stereocenters. The molecule has 2 fully saturated rings. The fraction of sp³-hybridized carbons (Fsp3) is 0.514. The largest absolute Gasteiger partial charge is 0.494 e. The zero-order chi connectivity index (χ0) is 28.7. The number of nitrogens with two attached hydrogens (primary N) is 1. The van der Waals surface area contributed by atoms with E-state index in [1.165, 1.54) is 43.2 Å². The number of nitrogens with zero attached hydrogens (tertiary/aromatic N) is 2. The lowest BCUT2D eigenvalue weighted by molar-refractivity contribution is -0.130. The van der Waals surface area contributed by atoms with Gasteiger partial charge in [0.2, 0.25) is 11.8 Å². The van der Waals surface area contributed by atoms with Gasteiger partial charge < -0.3 is 15.4 Å². The van der Waals surface area contributed by atoms with Crippen LogP contribution in [0, 0.1) is 11.8 Å². The monoisotopic (exact) mass is 555 g/mol. The van der Waals surface area contributed by atoms with Crippen molar-refractivity contribution in [3.63, 3.8) is 0 Å². The molecule has 41 heavy (non-hydrogen) atoms. The Hall–Kier alpha value is -3.41. The topological polar surface area (TPSA) is 85.0 Å².